The third kappa shape index (κ3) is 4.53. The topological polar surface area (TPSA) is 80.9 Å². The first-order chi connectivity index (χ1) is 15.5. The molecule has 1 aromatic heterocycles. The lowest BCUT2D eigenvalue weighted by atomic mass is 10.1. The summed E-state index contributed by atoms with van der Waals surface area (Å²) in [6, 6.07) is 13.5. The van der Waals surface area contributed by atoms with Crippen molar-refractivity contribution in [3.63, 3.8) is 0 Å². The Bertz CT molecular complexity index is 1130. The maximum Gasteiger partial charge on any atom is 0.354 e. The summed E-state index contributed by atoms with van der Waals surface area (Å²) in [7, 11) is 0. The average Bonchev–Trinajstić information content (AvgIpc) is 3.22. The quantitative estimate of drug-likeness (QED) is 0.518. The van der Waals surface area contributed by atoms with E-state index in [0.717, 1.165) is 11.3 Å². The number of halogens is 1. The van der Waals surface area contributed by atoms with Crippen LogP contribution in [0.15, 0.2) is 42.5 Å². The van der Waals surface area contributed by atoms with Gasteiger partial charge in [0.05, 0.1) is 42.4 Å². The number of hydrogen-bond donors (Lipinski definition) is 1. The van der Waals surface area contributed by atoms with Gasteiger partial charge >= 0.3 is 11.9 Å². The van der Waals surface area contributed by atoms with Gasteiger partial charge in [0.15, 0.2) is 5.75 Å². The van der Waals surface area contributed by atoms with Crippen LogP contribution in [0, 0.1) is 0 Å². The fraction of sp³-hybridized carbons (Fsp3) is 0.333. The number of H-pyrrole nitrogens is 1. The number of fused-ring (bicyclic) bond motifs is 3. The molecule has 4 rings (SSSR count). The molecular formula is C24H25ClN2O5. The third-order valence-electron chi connectivity index (χ3n) is 5.26. The second-order valence-corrected chi connectivity index (χ2v) is 7.92. The maximum atomic E-state index is 12.3. The maximum absolute atomic E-state index is 12.3. The summed E-state index contributed by atoms with van der Waals surface area (Å²) in [4.78, 5) is 29.7. The Morgan fingerprint density at radius 3 is 2.62 bits per heavy atom. The highest BCUT2D eigenvalue weighted by Crippen LogP contribution is 2.44. The molecule has 0 saturated heterocycles. The molecule has 2 aromatic carbocycles. The number of benzene rings is 2. The van der Waals surface area contributed by atoms with Crippen LogP contribution in [0.2, 0.25) is 5.02 Å². The second kappa shape index (κ2) is 9.53. The van der Waals surface area contributed by atoms with E-state index in [1.807, 2.05) is 36.4 Å². The van der Waals surface area contributed by atoms with Crippen molar-refractivity contribution in [1.29, 1.82) is 0 Å². The van der Waals surface area contributed by atoms with Crippen molar-refractivity contribution in [3.8, 4) is 5.75 Å². The predicted octanol–water partition coefficient (Wildman–Crippen LogP) is 4.72. The molecule has 2 heterocycles. The third-order valence-corrected chi connectivity index (χ3v) is 5.57. The van der Waals surface area contributed by atoms with Gasteiger partial charge < -0.3 is 24.1 Å². The monoisotopic (exact) mass is 456 g/mol. The van der Waals surface area contributed by atoms with E-state index in [2.05, 4.69) is 9.88 Å². The number of nitrogens with one attached hydrogen (secondary N) is 1. The summed E-state index contributed by atoms with van der Waals surface area (Å²) >= 11 is 6.59. The predicted molar refractivity (Wildman–Crippen MR) is 122 cm³/mol. The van der Waals surface area contributed by atoms with Crippen LogP contribution in [0.3, 0.4) is 0 Å². The molecule has 8 heteroatoms. The zero-order valence-electron chi connectivity index (χ0n) is 18.0. The molecule has 0 spiro atoms. The molecule has 0 radical (unpaired) electrons. The normalized spacial score (nSPS) is 15.2. The SMILES string of the molecule is CCOC(=O)CC1CN(Cc2ccccc2)c2cc(Cl)c3cc(C(=O)OCC)[nH]c3c2O1. The number of rotatable bonds is 7. The Balaban J connectivity index is 1.76. The molecule has 32 heavy (non-hydrogen) atoms. The number of nitrogens with zero attached hydrogens (tertiary/aromatic N) is 1. The van der Waals surface area contributed by atoms with Gasteiger partial charge in [-0.25, -0.2) is 4.79 Å². The van der Waals surface area contributed by atoms with Gasteiger partial charge in [0, 0.05) is 11.9 Å². The summed E-state index contributed by atoms with van der Waals surface area (Å²) in [5.74, 6) is -0.227. The van der Waals surface area contributed by atoms with Crippen molar-refractivity contribution in [2.75, 3.05) is 24.7 Å². The molecule has 1 aliphatic heterocycles. The van der Waals surface area contributed by atoms with Gasteiger partial charge in [-0.15, -0.1) is 0 Å². The van der Waals surface area contributed by atoms with Crippen LogP contribution in [0.1, 0.15) is 36.3 Å². The second-order valence-electron chi connectivity index (χ2n) is 7.51. The molecule has 7 nitrogen and oxygen atoms in total. The molecule has 0 amide bonds. The van der Waals surface area contributed by atoms with Gasteiger partial charge in [0.2, 0.25) is 0 Å². The first kappa shape index (κ1) is 22.0. The minimum atomic E-state index is -0.464. The van der Waals surface area contributed by atoms with Crippen LogP contribution in [-0.4, -0.2) is 42.8 Å². The minimum absolute atomic E-state index is 0.119. The van der Waals surface area contributed by atoms with E-state index in [-0.39, 0.29) is 19.0 Å². The summed E-state index contributed by atoms with van der Waals surface area (Å²) < 4.78 is 16.5. The number of ether oxygens (including phenoxy) is 3. The van der Waals surface area contributed by atoms with E-state index >= 15 is 0 Å². The van der Waals surface area contributed by atoms with E-state index in [1.165, 1.54) is 0 Å². The zero-order chi connectivity index (χ0) is 22.7. The molecular weight excluding hydrogens is 432 g/mol. The molecule has 168 valence electrons. The van der Waals surface area contributed by atoms with Crippen molar-refractivity contribution < 1.29 is 23.8 Å². The van der Waals surface area contributed by atoms with Crippen molar-refractivity contribution in [2.45, 2.75) is 32.9 Å². The van der Waals surface area contributed by atoms with Gasteiger partial charge in [-0.05, 0) is 31.5 Å². The van der Waals surface area contributed by atoms with Crippen molar-refractivity contribution in [3.05, 3.63) is 58.7 Å². The number of hydrogen-bond acceptors (Lipinski definition) is 6. The van der Waals surface area contributed by atoms with Gasteiger partial charge in [0.25, 0.3) is 0 Å². The van der Waals surface area contributed by atoms with Crippen LogP contribution >= 0.6 is 11.6 Å². The molecule has 0 bridgehead atoms. The fourth-order valence-corrected chi connectivity index (χ4v) is 4.15. The number of carbonyl (C=O) groups is 2. The van der Waals surface area contributed by atoms with Crippen LogP contribution in [0.4, 0.5) is 5.69 Å². The molecule has 1 unspecified atom stereocenters. The molecule has 1 atom stereocenters. The van der Waals surface area contributed by atoms with E-state index < -0.39 is 12.1 Å². The van der Waals surface area contributed by atoms with Crippen molar-refractivity contribution >= 4 is 40.1 Å². The van der Waals surface area contributed by atoms with Crippen LogP contribution in [0.25, 0.3) is 10.9 Å². The number of carbonyl (C=O) groups excluding carboxylic acids is 2. The Morgan fingerprint density at radius 1 is 1.16 bits per heavy atom. The Morgan fingerprint density at radius 2 is 1.91 bits per heavy atom. The summed E-state index contributed by atoms with van der Waals surface area (Å²) in [6.07, 6.45) is -0.294. The number of esters is 2. The van der Waals surface area contributed by atoms with E-state index in [4.69, 9.17) is 25.8 Å². The standard InChI is InChI=1S/C24H25ClN2O5/c1-3-30-21(28)10-16-14-27(13-15-8-6-5-7-9-15)20-12-18(25)17-11-19(24(29)31-4-2)26-22(17)23(20)32-16/h5-9,11-12,16,26H,3-4,10,13-14H2,1-2H3. The molecule has 1 N–H and O–H groups in total. The highest BCUT2D eigenvalue weighted by Gasteiger charge is 2.31. The molecule has 1 aliphatic rings. The molecule has 0 aliphatic carbocycles. The summed E-state index contributed by atoms with van der Waals surface area (Å²) in [6.45, 7) is 5.22. The average molecular weight is 457 g/mol. The van der Waals surface area contributed by atoms with E-state index in [0.29, 0.717) is 47.1 Å². The lowest BCUT2D eigenvalue weighted by Gasteiger charge is -2.36. The van der Waals surface area contributed by atoms with Gasteiger partial charge in [-0.2, -0.15) is 0 Å². The Hall–Kier alpha value is -3.19. The van der Waals surface area contributed by atoms with E-state index in [1.54, 1.807) is 19.9 Å². The summed E-state index contributed by atoms with van der Waals surface area (Å²) in [5.41, 5.74) is 2.80. The molecule has 0 saturated carbocycles. The van der Waals surface area contributed by atoms with Crippen LogP contribution in [-0.2, 0) is 20.8 Å². The van der Waals surface area contributed by atoms with Crippen LogP contribution < -0.4 is 9.64 Å². The van der Waals surface area contributed by atoms with Crippen molar-refractivity contribution in [2.24, 2.45) is 0 Å². The van der Waals surface area contributed by atoms with E-state index in [9.17, 15) is 9.59 Å². The largest absolute Gasteiger partial charge is 0.484 e. The molecule has 0 fully saturated rings. The highest BCUT2D eigenvalue weighted by atomic mass is 35.5. The highest BCUT2D eigenvalue weighted by molar-refractivity contribution is 6.36. The van der Waals surface area contributed by atoms with Gasteiger partial charge in [0.1, 0.15) is 11.8 Å². The lowest BCUT2D eigenvalue weighted by molar-refractivity contribution is -0.144. The lowest BCUT2D eigenvalue weighted by Crippen LogP contribution is -2.41. The summed E-state index contributed by atoms with van der Waals surface area (Å²) in [5, 5.41) is 1.15. The zero-order valence-corrected chi connectivity index (χ0v) is 18.8. The van der Waals surface area contributed by atoms with Crippen LogP contribution in [0.5, 0.6) is 5.75 Å². The Kier molecular flexibility index (Phi) is 6.55. The number of anilines is 1. The first-order valence-electron chi connectivity index (χ1n) is 10.6. The van der Waals surface area contributed by atoms with Gasteiger partial charge in [-0.3, -0.25) is 4.79 Å². The molecule has 3 aromatic rings. The fourth-order valence-electron chi connectivity index (χ4n) is 3.90. The van der Waals surface area contributed by atoms with Crippen molar-refractivity contribution in [1.82, 2.24) is 4.98 Å². The van der Waals surface area contributed by atoms with Gasteiger partial charge in [-0.1, -0.05) is 41.9 Å². The smallest absolute Gasteiger partial charge is 0.354 e. The minimum Gasteiger partial charge on any atom is -0.484 e. The number of aromatic amines is 1. The Labute approximate surface area is 191 Å². The first-order valence-corrected chi connectivity index (χ1v) is 11.0. The number of aromatic nitrogens is 1.